The molecule has 0 bridgehead atoms. The maximum Gasteiger partial charge on any atom is 0.375 e. The number of hydrogen-bond donors (Lipinski definition) is 8. The number of likely N-dealkylation sites (tertiary alicyclic amines) is 2. The molecule has 860 valence electrons. The highest BCUT2D eigenvalue weighted by Gasteiger charge is 2.36. The van der Waals surface area contributed by atoms with Crippen molar-refractivity contribution in [2.45, 2.75) is 297 Å². The van der Waals surface area contributed by atoms with Crippen molar-refractivity contribution in [2.24, 2.45) is 17.8 Å². The molecule has 0 aliphatic carbocycles. The van der Waals surface area contributed by atoms with E-state index in [4.69, 9.17) is 14.2 Å². The molecule has 49 nitrogen and oxygen atoms in total. The van der Waals surface area contributed by atoms with E-state index in [1.165, 1.54) is 91.4 Å². The van der Waals surface area contributed by atoms with Gasteiger partial charge in [-0.25, -0.2) is 28.8 Å². The molecule has 10 amide bonds. The number of nitrogens with zero attached hydrogens (tertiary/aromatic N) is 6. The van der Waals surface area contributed by atoms with Crippen LogP contribution in [0.15, 0.2) is 0 Å². The number of morpholine rings is 1. The molecule has 0 spiro atoms. The molecule has 3 saturated heterocycles. The minimum absolute atomic E-state index is 0.00174. The number of aliphatic hydroxyl groups is 1. The van der Waals surface area contributed by atoms with Crippen LogP contribution in [0, 0.1) is 17.8 Å². The number of aliphatic hydroxyl groups excluding tert-OH is 1. The quantitative estimate of drug-likeness (QED) is 0.0141. The lowest BCUT2D eigenvalue weighted by Crippen LogP contribution is -2.45. The molecule has 0 aromatic rings. The molecule has 3 aliphatic heterocycles. The van der Waals surface area contributed by atoms with Gasteiger partial charge >= 0.3 is 41.8 Å². The highest BCUT2D eigenvalue weighted by Crippen LogP contribution is 2.20. The normalized spacial score (nSPS) is 13.1. The van der Waals surface area contributed by atoms with Gasteiger partial charge in [-0.05, 0) is 207 Å². The Labute approximate surface area is 883 Å². The molecule has 3 fully saturated rings. The molecule has 0 radical (unpaired) electrons. The molecule has 0 aromatic carbocycles. The summed E-state index contributed by atoms with van der Waals surface area (Å²) >= 11 is 0. The van der Waals surface area contributed by atoms with Crippen molar-refractivity contribution in [3.63, 3.8) is 0 Å². The first-order valence-corrected chi connectivity index (χ1v) is 49.8. The zero-order chi connectivity index (χ0) is 117. The first-order chi connectivity index (χ1) is 69.7. The standard InChI is InChI=1S/C12H21NO4.C11H17NO5.C11H19NO4.C10H20N2O2.C10H15NO5.C10H15NO4.2C10H17NO4.C9H18N2O2.C8H16N2O2/c1-5-17-12(16)10(6-8(2)3)13-11(15)7-9(4)14;1-2-17-11(16)9(14)7-10(15)12-5-3-8(13)4-6-12;1-7(2)5-9(11(15)16-4)12-10(14)6-8(3)13;1-4-12(5-2)7-6-11-10(14)8-9(3)13;1-2-16-10(14)8(12)7-9(13)11-3-5-15-6-4-11;1-7(12)6-9(13)11-5-3-4-8(11)10(14)15-2;1-7(12)5-8(13)11-6-9(14)15-10(2,3)4;1-6(2)9(10(14)15-4)11-8(13)5-7(3)12;1-8(12)7-9(13)10-5-4-6-11(2)3;1-7(11)6-8(12)9-4-5-10(2)3/h8,10H,5-7H2,1-4H3,(H,13,15);8,13H,2-7H2,1H3;7,9H,5-6H2,1-4H3,(H,12,14);4-8H2,1-3H3,(H,11,14);2-7H2,1H3;8H,3-6H2,1-2H3;5-6H2,1-4H3,(H,11,13);6,9H,5H2,1-4H3,(H,11,13);4-7H2,1-3H3,(H,10,13);4-6H2,1-3H3,(H,9,12)/t10-;;9-;;;8-;;9-;;/m0.0..0.0../s1. The Kier molecular flexibility index (Phi) is 89.6. The molecule has 4 atom stereocenters. The van der Waals surface area contributed by atoms with Crippen molar-refractivity contribution in [1.29, 1.82) is 0 Å². The molecule has 0 unspecified atom stereocenters. The monoisotopic (exact) mass is 2150 g/mol. The highest BCUT2D eigenvalue weighted by atomic mass is 16.6. The highest BCUT2D eigenvalue weighted by molar-refractivity contribution is 6.37. The van der Waals surface area contributed by atoms with Gasteiger partial charge < -0.3 is 110 Å². The van der Waals surface area contributed by atoms with Crippen LogP contribution in [-0.4, -0.2) is 403 Å². The van der Waals surface area contributed by atoms with E-state index in [2.05, 4.69) is 84.5 Å². The number of ether oxygens (including phenoxy) is 8. The van der Waals surface area contributed by atoms with Crippen molar-refractivity contribution in [2.75, 3.05) is 174 Å². The number of rotatable bonds is 51. The number of piperidine rings is 1. The minimum atomic E-state index is -0.960. The number of methoxy groups -OCH3 is 3. The smallest absolute Gasteiger partial charge is 0.375 e. The number of esters is 7. The Hall–Kier alpha value is -12.5. The molecular formula is C101H175N13O36. The van der Waals surface area contributed by atoms with Crippen molar-refractivity contribution < 1.29 is 172 Å². The van der Waals surface area contributed by atoms with Crippen LogP contribution in [0.4, 0.5) is 0 Å². The van der Waals surface area contributed by atoms with Crippen LogP contribution in [0.25, 0.3) is 0 Å². The summed E-state index contributed by atoms with van der Waals surface area (Å²) in [6.07, 6.45) is 2.14. The average molecular weight is 2150 g/mol. The van der Waals surface area contributed by atoms with Gasteiger partial charge in [-0.1, -0.05) is 55.4 Å². The Bertz CT molecular complexity index is 4210. The van der Waals surface area contributed by atoms with Crippen LogP contribution in [0.3, 0.4) is 0 Å². The van der Waals surface area contributed by atoms with E-state index >= 15 is 0 Å². The van der Waals surface area contributed by atoms with Gasteiger partial charge in [0.2, 0.25) is 70.6 Å². The van der Waals surface area contributed by atoms with Gasteiger partial charge in [0.1, 0.15) is 82.6 Å². The molecule has 8 N–H and O–H groups in total. The van der Waals surface area contributed by atoms with E-state index in [0.717, 1.165) is 45.6 Å². The van der Waals surface area contributed by atoms with Crippen molar-refractivity contribution in [3.05, 3.63) is 0 Å². The van der Waals surface area contributed by atoms with E-state index in [1.807, 2.05) is 60.8 Å². The lowest BCUT2D eigenvalue weighted by molar-refractivity contribution is -0.155. The topological polar surface area (TPSA) is 659 Å². The molecule has 0 saturated carbocycles. The van der Waals surface area contributed by atoms with Crippen LogP contribution in [-0.2, 0) is 167 Å². The Balaban J connectivity index is -0.000000303. The fourth-order valence-corrected chi connectivity index (χ4v) is 12.2. The Morgan fingerprint density at radius 1 is 0.393 bits per heavy atom. The van der Waals surface area contributed by atoms with Crippen LogP contribution in [0.5, 0.6) is 0 Å². The summed E-state index contributed by atoms with van der Waals surface area (Å²) < 4.78 is 37.6. The predicted molar refractivity (Wildman–Crippen MR) is 548 cm³/mol. The molecule has 150 heavy (non-hydrogen) atoms. The van der Waals surface area contributed by atoms with Gasteiger partial charge in [-0.3, -0.25) is 101 Å². The zero-order valence-corrected chi connectivity index (χ0v) is 94.0. The zero-order valence-electron chi connectivity index (χ0n) is 94.0. The van der Waals surface area contributed by atoms with Crippen molar-refractivity contribution in [1.82, 2.24) is 66.6 Å². The van der Waals surface area contributed by atoms with Gasteiger partial charge in [0.25, 0.3) is 0 Å². The summed E-state index contributed by atoms with van der Waals surface area (Å²) in [5, 5.41) is 27.1. The molecule has 0 aromatic heterocycles. The third-order valence-electron chi connectivity index (χ3n) is 19.2. The first kappa shape index (κ1) is 150. The Morgan fingerprint density at radius 2 is 0.747 bits per heavy atom. The molecule has 49 heteroatoms. The van der Waals surface area contributed by atoms with E-state index in [1.54, 1.807) is 55.4 Å². The molecule has 3 aliphatic rings. The van der Waals surface area contributed by atoms with Gasteiger partial charge in [0.05, 0.1) is 125 Å². The number of nitrogens with one attached hydrogen (secondary N) is 7. The number of likely N-dealkylation sites (N-methyl/N-ethyl adjacent to an activating group) is 2. The third-order valence-corrected chi connectivity index (χ3v) is 19.2. The van der Waals surface area contributed by atoms with Crippen LogP contribution in [0.1, 0.15) is 261 Å². The molecule has 3 rings (SSSR count). The second kappa shape index (κ2) is 89.3. The number of ketones is 10. The number of carbonyl (C=O) groups is 27. The van der Waals surface area contributed by atoms with E-state index in [9.17, 15) is 135 Å². The SMILES string of the molecule is CC(=O)CC(=O)NCC(=O)OC(C)(C)C.CC(=O)CC(=O)NCCCN(C)C.CC(=O)CC(=O)NCCN(C)C.CCN(CC)CCNC(=O)CC(C)=O.CCOC(=O)C(=O)CC(=O)N1CCC(O)CC1.CCOC(=O)C(=O)CC(=O)N1CCOCC1.CCOC(=O)[C@H](CC(C)C)NC(=O)CC(C)=O.COC(=O)[C@@H](NC(=O)CC(C)=O)C(C)C.COC(=O)[C@@H]1CCCN1C(=O)CC(C)=O.COC(=O)[C@H](CC(C)C)NC(=O)CC(C)=O. The number of Topliss-reactive ketones (excluding diaryl/α,β-unsaturated/α-hetero) is 10. The predicted octanol–water partition coefficient (Wildman–Crippen LogP) is 1.52. The fourth-order valence-electron chi connectivity index (χ4n) is 12.2. The third kappa shape index (κ3) is 91.7. The number of carbonyl (C=O) groups excluding carboxylic acids is 27. The van der Waals surface area contributed by atoms with Gasteiger partial charge in [0, 0.05) is 65.4 Å². The summed E-state index contributed by atoms with van der Waals surface area (Å²) in [7, 11) is 11.7. The van der Waals surface area contributed by atoms with Crippen molar-refractivity contribution in [3.8, 4) is 0 Å². The second-order valence-corrected chi connectivity index (χ2v) is 37.0. The summed E-state index contributed by atoms with van der Waals surface area (Å²) in [6.45, 7) is 46.5. The second-order valence-electron chi connectivity index (χ2n) is 37.0. The summed E-state index contributed by atoms with van der Waals surface area (Å²) in [6, 6.07) is -2.53. The average Bonchev–Trinajstić information content (AvgIpc) is 1.70. The van der Waals surface area contributed by atoms with Crippen LogP contribution >= 0.6 is 0 Å². The van der Waals surface area contributed by atoms with Gasteiger partial charge in [0.15, 0.2) is 0 Å². The Morgan fingerprint density at radius 3 is 1.09 bits per heavy atom. The summed E-state index contributed by atoms with van der Waals surface area (Å²) in [4.78, 5) is 310. The van der Waals surface area contributed by atoms with Crippen LogP contribution < -0.4 is 37.2 Å². The largest absolute Gasteiger partial charge is 0.467 e. The van der Waals surface area contributed by atoms with Crippen molar-refractivity contribution >= 4 is 159 Å². The summed E-state index contributed by atoms with van der Waals surface area (Å²) in [5.74, 6) is -10.2. The lowest BCUT2D eigenvalue weighted by Gasteiger charge is -2.29. The summed E-state index contributed by atoms with van der Waals surface area (Å²) in [5.41, 5.74) is -0.567. The lowest BCUT2D eigenvalue weighted by atomic mass is 10.0. The van der Waals surface area contributed by atoms with Gasteiger partial charge in [-0.2, -0.15) is 0 Å². The minimum Gasteiger partial charge on any atom is -0.467 e. The maximum absolute atomic E-state index is 11.6. The van der Waals surface area contributed by atoms with E-state index < -0.39 is 120 Å². The molecule has 3 heterocycles. The number of hydrogen-bond acceptors (Lipinski definition) is 39. The van der Waals surface area contributed by atoms with E-state index in [-0.39, 0.29) is 183 Å². The molecular weight excluding hydrogens is 1970 g/mol. The van der Waals surface area contributed by atoms with Gasteiger partial charge in [-0.15, -0.1) is 0 Å². The van der Waals surface area contributed by atoms with Crippen LogP contribution in [0.2, 0.25) is 0 Å². The maximum atomic E-state index is 11.6. The first-order valence-electron chi connectivity index (χ1n) is 49.8. The fraction of sp³-hybridized carbons (Fsp3) is 0.733. The number of amides is 10. The van der Waals surface area contributed by atoms with E-state index in [0.29, 0.717) is 97.7 Å².